The number of benzene rings is 1. The van der Waals surface area contributed by atoms with Crippen molar-refractivity contribution in [1.82, 2.24) is 15.1 Å². The van der Waals surface area contributed by atoms with Gasteiger partial charge in [-0.1, -0.05) is 24.3 Å². The molecule has 120 valence electrons. The number of rotatable bonds is 4. The van der Waals surface area contributed by atoms with Crippen molar-refractivity contribution in [2.24, 2.45) is 0 Å². The van der Waals surface area contributed by atoms with E-state index >= 15 is 0 Å². The van der Waals surface area contributed by atoms with Crippen molar-refractivity contribution in [1.29, 1.82) is 0 Å². The lowest BCUT2D eigenvalue weighted by atomic mass is 10.1. The van der Waals surface area contributed by atoms with Gasteiger partial charge in [0.2, 0.25) is 11.8 Å². The van der Waals surface area contributed by atoms with E-state index < -0.39 is 0 Å². The highest BCUT2D eigenvalue weighted by Crippen LogP contribution is 2.06. The molecule has 1 aromatic rings. The summed E-state index contributed by atoms with van der Waals surface area (Å²) in [4.78, 5) is 27.5. The molecule has 1 saturated heterocycles. The summed E-state index contributed by atoms with van der Waals surface area (Å²) in [7, 11) is 0. The molecule has 1 aliphatic rings. The van der Waals surface area contributed by atoms with Crippen molar-refractivity contribution >= 4 is 11.8 Å². The van der Waals surface area contributed by atoms with Gasteiger partial charge >= 0.3 is 0 Å². The van der Waals surface area contributed by atoms with Gasteiger partial charge in [0.25, 0.3) is 0 Å². The zero-order valence-electron chi connectivity index (χ0n) is 13.5. The number of aryl methyl sites for hydroxylation is 1. The van der Waals surface area contributed by atoms with E-state index in [1.54, 1.807) is 6.92 Å². The van der Waals surface area contributed by atoms with E-state index in [4.69, 9.17) is 0 Å². The fourth-order valence-electron chi connectivity index (χ4n) is 2.71. The molecule has 22 heavy (non-hydrogen) atoms. The Morgan fingerprint density at radius 3 is 2.64 bits per heavy atom. The Morgan fingerprint density at radius 2 is 1.91 bits per heavy atom. The zero-order valence-corrected chi connectivity index (χ0v) is 13.5. The van der Waals surface area contributed by atoms with Crippen LogP contribution in [-0.2, 0) is 16.1 Å². The minimum absolute atomic E-state index is 0.0412. The smallest absolute Gasteiger partial charge is 0.234 e. The van der Waals surface area contributed by atoms with Gasteiger partial charge in [0, 0.05) is 39.6 Å². The van der Waals surface area contributed by atoms with Gasteiger partial charge < -0.3 is 10.2 Å². The molecule has 0 aliphatic carbocycles. The number of carbonyl (C=O) groups excluding carboxylic acids is 2. The Morgan fingerprint density at radius 1 is 1.14 bits per heavy atom. The van der Waals surface area contributed by atoms with Crippen molar-refractivity contribution in [2.75, 3.05) is 32.7 Å². The Bertz CT molecular complexity index is 530. The van der Waals surface area contributed by atoms with Gasteiger partial charge in [0.05, 0.1) is 6.54 Å². The third-order valence-electron chi connectivity index (χ3n) is 4.14. The van der Waals surface area contributed by atoms with Crippen molar-refractivity contribution < 1.29 is 9.59 Å². The maximum Gasteiger partial charge on any atom is 0.234 e. The van der Waals surface area contributed by atoms with E-state index in [1.165, 1.54) is 5.56 Å². The number of hydrogen-bond acceptors (Lipinski definition) is 3. The van der Waals surface area contributed by atoms with E-state index in [9.17, 15) is 9.59 Å². The summed E-state index contributed by atoms with van der Waals surface area (Å²) in [6.07, 6.45) is 0.921. The van der Waals surface area contributed by atoms with Gasteiger partial charge in [-0.25, -0.2) is 0 Å². The van der Waals surface area contributed by atoms with Crippen LogP contribution >= 0.6 is 0 Å². The standard InChI is InChI=1S/C17H25N3O2/c1-14-6-3-4-7-16(14)12-18-17(22)13-19-8-5-9-20(11-10-19)15(2)21/h3-4,6-7H,5,8-13H2,1-2H3,(H,18,22). The van der Waals surface area contributed by atoms with Crippen LogP contribution in [0.15, 0.2) is 24.3 Å². The molecule has 1 fully saturated rings. The molecule has 5 nitrogen and oxygen atoms in total. The van der Waals surface area contributed by atoms with Crippen LogP contribution in [0.1, 0.15) is 24.5 Å². The molecular weight excluding hydrogens is 278 g/mol. The van der Waals surface area contributed by atoms with E-state index in [0.717, 1.165) is 31.6 Å². The average Bonchev–Trinajstić information content (AvgIpc) is 2.72. The summed E-state index contributed by atoms with van der Waals surface area (Å²) in [5, 5.41) is 2.98. The summed E-state index contributed by atoms with van der Waals surface area (Å²) >= 11 is 0. The fraction of sp³-hybridized carbons (Fsp3) is 0.529. The fourth-order valence-corrected chi connectivity index (χ4v) is 2.71. The van der Waals surface area contributed by atoms with Gasteiger partial charge in [-0.2, -0.15) is 0 Å². The van der Waals surface area contributed by atoms with E-state index in [2.05, 4.69) is 10.2 Å². The van der Waals surface area contributed by atoms with Crippen LogP contribution < -0.4 is 5.32 Å². The van der Waals surface area contributed by atoms with Gasteiger partial charge in [-0.05, 0) is 24.5 Å². The first-order valence-corrected chi connectivity index (χ1v) is 7.85. The highest BCUT2D eigenvalue weighted by molar-refractivity contribution is 5.78. The molecule has 0 saturated carbocycles. The highest BCUT2D eigenvalue weighted by atomic mass is 16.2. The molecule has 0 aromatic heterocycles. The summed E-state index contributed by atoms with van der Waals surface area (Å²) in [5.74, 6) is 0.158. The molecule has 0 atom stereocenters. The summed E-state index contributed by atoms with van der Waals surface area (Å²) in [6.45, 7) is 7.74. The maximum absolute atomic E-state index is 12.1. The summed E-state index contributed by atoms with van der Waals surface area (Å²) in [6, 6.07) is 8.07. The number of hydrogen-bond donors (Lipinski definition) is 1. The second-order valence-corrected chi connectivity index (χ2v) is 5.84. The lowest BCUT2D eigenvalue weighted by Gasteiger charge is -2.20. The van der Waals surface area contributed by atoms with Crippen LogP contribution in [0, 0.1) is 6.92 Å². The zero-order chi connectivity index (χ0) is 15.9. The number of nitrogens with zero attached hydrogens (tertiary/aromatic N) is 2. The van der Waals surface area contributed by atoms with Crippen molar-refractivity contribution in [3.05, 3.63) is 35.4 Å². The Kier molecular flexibility index (Phi) is 5.95. The summed E-state index contributed by atoms with van der Waals surface area (Å²) < 4.78 is 0. The second-order valence-electron chi connectivity index (χ2n) is 5.84. The minimum Gasteiger partial charge on any atom is -0.351 e. The van der Waals surface area contributed by atoms with Crippen molar-refractivity contribution in [2.45, 2.75) is 26.8 Å². The van der Waals surface area contributed by atoms with Gasteiger partial charge in [-0.3, -0.25) is 14.5 Å². The Labute approximate surface area is 132 Å². The predicted molar refractivity (Wildman–Crippen MR) is 86.3 cm³/mol. The molecular formula is C17H25N3O2. The maximum atomic E-state index is 12.1. The SMILES string of the molecule is CC(=O)N1CCCN(CC(=O)NCc2ccccc2C)CC1. The number of amides is 2. The van der Waals surface area contributed by atoms with Crippen LogP contribution in [0.4, 0.5) is 0 Å². The molecule has 0 spiro atoms. The first-order chi connectivity index (χ1) is 10.6. The van der Waals surface area contributed by atoms with Gasteiger partial charge in [-0.15, -0.1) is 0 Å². The quantitative estimate of drug-likeness (QED) is 0.908. The highest BCUT2D eigenvalue weighted by Gasteiger charge is 2.18. The first kappa shape index (κ1) is 16.5. The molecule has 0 bridgehead atoms. The number of carbonyl (C=O) groups is 2. The van der Waals surface area contributed by atoms with Crippen LogP contribution in [0.25, 0.3) is 0 Å². The number of nitrogens with one attached hydrogen (secondary N) is 1. The Balaban J connectivity index is 1.77. The van der Waals surface area contributed by atoms with Crippen LogP contribution in [0.5, 0.6) is 0 Å². The lowest BCUT2D eigenvalue weighted by molar-refractivity contribution is -0.128. The summed E-state index contributed by atoms with van der Waals surface area (Å²) in [5.41, 5.74) is 2.34. The van der Waals surface area contributed by atoms with Gasteiger partial charge in [0.15, 0.2) is 0 Å². The molecule has 1 aliphatic heterocycles. The molecule has 1 aromatic carbocycles. The Hall–Kier alpha value is -1.88. The van der Waals surface area contributed by atoms with Crippen molar-refractivity contribution in [3.63, 3.8) is 0 Å². The average molecular weight is 303 g/mol. The molecule has 2 amide bonds. The second kappa shape index (κ2) is 7.94. The van der Waals surface area contributed by atoms with Crippen LogP contribution in [0.3, 0.4) is 0 Å². The first-order valence-electron chi connectivity index (χ1n) is 7.85. The third-order valence-corrected chi connectivity index (χ3v) is 4.14. The molecule has 5 heteroatoms. The van der Waals surface area contributed by atoms with Crippen LogP contribution in [0.2, 0.25) is 0 Å². The van der Waals surface area contributed by atoms with E-state index in [-0.39, 0.29) is 11.8 Å². The molecule has 2 rings (SSSR count). The van der Waals surface area contributed by atoms with E-state index in [1.807, 2.05) is 36.1 Å². The van der Waals surface area contributed by atoms with Crippen molar-refractivity contribution in [3.8, 4) is 0 Å². The topological polar surface area (TPSA) is 52.7 Å². The lowest BCUT2D eigenvalue weighted by Crippen LogP contribution is -2.39. The monoisotopic (exact) mass is 303 g/mol. The predicted octanol–water partition coefficient (Wildman–Crippen LogP) is 1.17. The molecule has 1 N–H and O–H groups in total. The molecule has 0 unspecified atom stereocenters. The van der Waals surface area contributed by atoms with Gasteiger partial charge in [0.1, 0.15) is 0 Å². The molecule has 0 radical (unpaired) electrons. The minimum atomic E-state index is 0.0412. The third kappa shape index (κ3) is 4.84. The van der Waals surface area contributed by atoms with E-state index in [0.29, 0.717) is 19.6 Å². The largest absolute Gasteiger partial charge is 0.351 e. The van der Waals surface area contributed by atoms with Crippen LogP contribution in [-0.4, -0.2) is 54.3 Å². The normalized spacial score (nSPS) is 16.2. The molecule has 1 heterocycles.